The summed E-state index contributed by atoms with van der Waals surface area (Å²) in [6, 6.07) is 8.62. The molecular weight excluding hydrogens is 160 g/mol. The van der Waals surface area contributed by atoms with Crippen molar-refractivity contribution in [1.29, 1.82) is 0 Å². The van der Waals surface area contributed by atoms with Gasteiger partial charge < -0.3 is 4.74 Å². The van der Waals surface area contributed by atoms with Crippen molar-refractivity contribution < 1.29 is 4.74 Å². The first kappa shape index (κ1) is 8.76. The molecule has 1 unspecified atom stereocenters. The van der Waals surface area contributed by atoms with Crippen molar-refractivity contribution in [3.63, 3.8) is 0 Å². The second kappa shape index (κ2) is 3.51. The van der Waals surface area contributed by atoms with Gasteiger partial charge in [-0.05, 0) is 23.5 Å². The second-order valence-electron chi connectivity index (χ2n) is 3.98. The fourth-order valence-corrected chi connectivity index (χ4v) is 1.98. The van der Waals surface area contributed by atoms with E-state index in [4.69, 9.17) is 4.74 Å². The van der Waals surface area contributed by atoms with Crippen molar-refractivity contribution >= 4 is 0 Å². The third kappa shape index (κ3) is 1.61. The minimum Gasteiger partial charge on any atom is -0.373 e. The van der Waals surface area contributed by atoms with Crippen LogP contribution in [0.15, 0.2) is 24.3 Å². The van der Waals surface area contributed by atoms with E-state index in [1.807, 2.05) is 0 Å². The molecule has 1 nitrogen and oxygen atoms in total. The standard InChI is InChI=1S/C12H16O/c1-9(2)12-11-6-4-3-5-10(11)7-8-13-12/h3-6,9,12H,7-8H2,1-2H3. The number of hydrogen-bond acceptors (Lipinski definition) is 1. The van der Waals surface area contributed by atoms with Crippen molar-refractivity contribution in [1.82, 2.24) is 0 Å². The van der Waals surface area contributed by atoms with Crippen LogP contribution in [0.5, 0.6) is 0 Å². The van der Waals surface area contributed by atoms with Gasteiger partial charge in [-0.25, -0.2) is 0 Å². The molecule has 1 heterocycles. The van der Waals surface area contributed by atoms with Crippen LogP contribution < -0.4 is 0 Å². The topological polar surface area (TPSA) is 9.23 Å². The third-order valence-electron chi connectivity index (χ3n) is 2.64. The molecule has 0 saturated heterocycles. The Labute approximate surface area is 79.7 Å². The largest absolute Gasteiger partial charge is 0.373 e. The van der Waals surface area contributed by atoms with E-state index in [0.29, 0.717) is 12.0 Å². The lowest BCUT2D eigenvalue weighted by Gasteiger charge is -2.28. The minimum absolute atomic E-state index is 0.310. The Morgan fingerprint density at radius 1 is 1.31 bits per heavy atom. The second-order valence-corrected chi connectivity index (χ2v) is 3.98. The van der Waals surface area contributed by atoms with Crippen molar-refractivity contribution in [3.8, 4) is 0 Å². The predicted octanol–water partition coefficient (Wildman–Crippen LogP) is 2.96. The first-order valence-corrected chi connectivity index (χ1v) is 4.98. The van der Waals surface area contributed by atoms with Crippen LogP contribution in [0.3, 0.4) is 0 Å². The maximum absolute atomic E-state index is 5.77. The van der Waals surface area contributed by atoms with E-state index in [1.165, 1.54) is 11.1 Å². The molecule has 0 spiro atoms. The summed E-state index contributed by atoms with van der Waals surface area (Å²) < 4.78 is 5.77. The molecule has 0 aliphatic carbocycles. The fourth-order valence-electron chi connectivity index (χ4n) is 1.98. The summed E-state index contributed by atoms with van der Waals surface area (Å²) in [7, 11) is 0. The van der Waals surface area contributed by atoms with Gasteiger partial charge in [0, 0.05) is 0 Å². The molecule has 0 saturated carbocycles. The van der Waals surface area contributed by atoms with Gasteiger partial charge in [0.1, 0.15) is 0 Å². The molecule has 0 fully saturated rings. The van der Waals surface area contributed by atoms with Crippen LogP contribution >= 0.6 is 0 Å². The molecule has 1 aliphatic heterocycles. The van der Waals surface area contributed by atoms with Crippen LogP contribution in [-0.4, -0.2) is 6.61 Å². The van der Waals surface area contributed by atoms with Gasteiger partial charge in [-0.2, -0.15) is 0 Å². The predicted molar refractivity (Wildman–Crippen MR) is 53.7 cm³/mol. The Morgan fingerprint density at radius 2 is 2.08 bits per heavy atom. The molecule has 70 valence electrons. The van der Waals surface area contributed by atoms with Gasteiger partial charge in [0.25, 0.3) is 0 Å². The molecule has 0 radical (unpaired) electrons. The van der Waals surface area contributed by atoms with E-state index < -0.39 is 0 Å². The summed E-state index contributed by atoms with van der Waals surface area (Å²) in [4.78, 5) is 0. The lowest BCUT2D eigenvalue weighted by molar-refractivity contribution is 0.0114. The highest BCUT2D eigenvalue weighted by Gasteiger charge is 2.22. The molecule has 1 heteroatoms. The molecule has 0 N–H and O–H groups in total. The molecule has 1 aliphatic rings. The summed E-state index contributed by atoms with van der Waals surface area (Å²) in [6.07, 6.45) is 1.38. The highest BCUT2D eigenvalue weighted by atomic mass is 16.5. The molecule has 0 bridgehead atoms. The molecule has 0 amide bonds. The zero-order chi connectivity index (χ0) is 9.26. The maximum atomic E-state index is 5.77. The Balaban J connectivity index is 2.37. The number of fused-ring (bicyclic) bond motifs is 1. The van der Waals surface area contributed by atoms with Crippen LogP contribution in [0.4, 0.5) is 0 Å². The van der Waals surface area contributed by atoms with Gasteiger partial charge in [0.2, 0.25) is 0 Å². The smallest absolute Gasteiger partial charge is 0.0850 e. The van der Waals surface area contributed by atoms with E-state index >= 15 is 0 Å². The maximum Gasteiger partial charge on any atom is 0.0850 e. The van der Waals surface area contributed by atoms with Crippen LogP contribution in [-0.2, 0) is 11.2 Å². The Kier molecular flexibility index (Phi) is 2.36. The van der Waals surface area contributed by atoms with Gasteiger partial charge in [-0.1, -0.05) is 38.1 Å². The number of hydrogen-bond donors (Lipinski definition) is 0. The highest BCUT2D eigenvalue weighted by molar-refractivity contribution is 5.31. The van der Waals surface area contributed by atoms with Crippen molar-refractivity contribution in [2.45, 2.75) is 26.4 Å². The van der Waals surface area contributed by atoms with Gasteiger partial charge in [0.05, 0.1) is 12.7 Å². The van der Waals surface area contributed by atoms with E-state index in [1.54, 1.807) is 0 Å². The monoisotopic (exact) mass is 176 g/mol. The van der Waals surface area contributed by atoms with Gasteiger partial charge in [-0.3, -0.25) is 0 Å². The van der Waals surface area contributed by atoms with Crippen LogP contribution in [0, 0.1) is 5.92 Å². The lowest BCUT2D eigenvalue weighted by Crippen LogP contribution is -2.20. The zero-order valence-electron chi connectivity index (χ0n) is 8.29. The molecule has 0 aromatic heterocycles. The summed E-state index contributed by atoms with van der Waals surface area (Å²) >= 11 is 0. The first-order chi connectivity index (χ1) is 6.29. The summed E-state index contributed by atoms with van der Waals surface area (Å²) in [5.41, 5.74) is 2.86. The average Bonchev–Trinajstić information content (AvgIpc) is 2.17. The average molecular weight is 176 g/mol. The van der Waals surface area contributed by atoms with Crippen LogP contribution in [0.2, 0.25) is 0 Å². The van der Waals surface area contributed by atoms with E-state index in [2.05, 4.69) is 38.1 Å². The minimum atomic E-state index is 0.310. The molecule has 1 aromatic carbocycles. The van der Waals surface area contributed by atoms with Crippen LogP contribution in [0.1, 0.15) is 31.1 Å². The Morgan fingerprint density at radius 3 is 2.85 bits per heavy atom. The molecule has 2 rings (SSSR count). The zero-order valence-corrected chi connectivity index (χ0v) is 8.29. The van der Waals surface area contributed by atoms with Gasteiger partial charge in [-0.15, -0.1) is 0 Å². The van der Waals surface area contributed by atoms with Crippen molar-refractivity contribution in [2.24, 2.45) is 5.92 Å². The Hall–Kier alpha value is -0.820. The summed E-state index contributed by atoms with van der Waals surface area (Å²) in [6.45, 7) is 5.30. The van der Waals surface area contributed by atoms with E-state index in [0.717, 1.165) is 13.0 Å². The molecule has 13 heavy (non-hydrogen) atoms. The van der Waals surface area contributed by atoms with Gasteiger partial charge in [0.15, 0.2) is 0 Å². The lowest BCUT2D eigenvalue weighted by atomic mass is 9.91. The summed E-state index contributed by atoms with van der Waals surface area (Å²) in [5.74, 6) is 0.571. The fraction of sp³-hybridized carbons (Fsp3) is 0.500. The molecule has 1 aromatic rings. The summed E-state index contributed by atoms with van der Waals surface area (Å²) in [5, 5.41) is 0. The SMILES string of the molecule is CC(C)C1OCCc2ccccc21. The van der Waals surface area contributed by atoms with Crippen LogP contribution in [0.25, 0.3) is 0 Å². The quantitative estimate of drug-likeness (QED) is 0.639. The Bertz CT molecular complexity index is 291. The van der Waals surface area contributed by atoms with Crippen molar-refractivity contribution in [3.05, 3.63) is 35.4 Å². The number of rotatable bonds is 1. The van der Waals surface area contributed by atoms with Gasteiger partial charge >= 0.3 is 0 Å². The highest BCUT2D eigenvalue weighted by Crippen LogP contribution is 2.32. The van der Waals surface area contributed by atoms with E-state index in [-0.39, 0.29) is 0 Å². The third-order valence-corrected chi connectivity index (χ3v) is 2.64. The number of ether oxygens (including phenoxy) is 1. The number of benzene rings is 1. The molecular formula is C12H16O. The normalized spacial score (nSPS) is 21.6. The molecule has 1 atom stereocenters. The first-order valence-electron chi connectivity index (χ1n) is 4.98. The van der Waals surface area contributed by atoms with E-state index in [9.17, 15) is 0 Å². The van der Waals surface area contributed by atoms with Crippen molar-refractivity contribution in [2.75, 3.05) is 6.61 Å².